The first kappa shape index (κ1) is 17.4. The van der Waals surface area contributed by atoms with Gasteiger partial charge >= 0.3 is 6.03 Å². The summed E-state index contributed by atoms with van der Waals surface area (Å²) in [6, 6.07) is 9.45. The van der Waals surface area contributed by atoms with E-state index >= 15 is 0 Å². The summed E-state index contributed by atoms with van der Waals surface area (Å²) in [5, 5.41) is 8.75. The molecule has 130 valence electrons. The highest BCUT2D eigenvalue weighted by atomic mass is 32.1. The molecule has 0 bridgehead atoms. The molecule has 25 heavy (non-hydrogen) atoms. The van der Waals surface area contributed by atoms with Gasteiger partial charge in [-0.3, -0.25) is 0 Å². The molecule has 0 aliphatic heterocycles. The molecule has 0 spiro atoms. The van der Waals surface area contributed by atoms with Crippen molar-refractivity contribution in [2.75, 3.05) is 12.4 Å². The zero-order chi connectivity index (χ0) is 17.8. The number of methoxy groups -OCH3 is 1. The minimum atomic E-state index is -0.269. The molecular formula is C18H19N3O2S2. The molecule has 2 N–H and O–H groups in total. The molecule has 0 fully saturated rings. The van der Waals surface area contributed by atoms with Crippen LogP contribution in [0.4, 0.5) is 10.5 Å². The third-order valence-corrected chi connectivity index (χ3v) is 5.83. The first-order chi connectivity index (χ1) is 12.1. The minimum Gasteiger partial charge on any atom is -0.495 e. The fraction of sp³-hybridized carbons (Fsp3) is 0.222. The highest BCUT2D eigenvalue weighted by Crippen LogP contribution is 2.31. The van der Waals surface area contributed by atoms with Crippen LogP contribution < -0.4 is 15.4 Å². The van der Waals surface area contributed by atoms with E-state index in [-0.39, 0.29) is 6.03 Å². The van der Waals surface area contributed by atoms with Crippen LogP contribution in [0.3, 0.4) is 0 Å². The summed E-state index contributed by atoms with van der Waals surface area (Å²) in [6.45, 7) is 4.37. The van der Waals surface area contributed by atoms with E-state index in [1.807, 2.05) is 43.5 Å². The molecule has 2 heterocycles. The number of benzene rings is 1. The van der Waals surface area contributed by atoms with Crippen LogP contribution in [-0.4, -0.2) is 18.1 Å². The standard InChI is InChI=1S/C18H19N3O2S2/c1-11-6-7-14(23-3)13(9-11)21-18(22)19-10-16-12(2)20-17(25-16)15-5-4-8-24-15/h4-9H,10H2,1-3H3,(H2,19,21,22). The van der Waals surface area contributed by atoms with Crippen LogP contribution in [-0.2, 0) is 6.54 Å². The molecule has 0 radical (unpaired) electrons. The van der Waals surface area contributed by atoms with E-state index in [4.69, 9.17) is 4.74 Å². The normalized spacial score (nSPS) is 10.5. The van der Waals surface area contributed by atoms with E-state index in [0.717, 1.165) is 26.0 Å². The van der Waals surface area contributed by atoms with E-state index in [0.29, 0.717) is 18.0 Å². The number of rotatable bonds is 5. The fourth-order valence-corrected chi connectivity index (χ4v) is 4.14. The number of thiophene rings is 1. The first-order valence-electron chi connectivity index (χ1n) is 7.76. The molecule has 0 saturated carbocycles. The van der Waals surface area contributed by atoms with Gasteiger partial charge in [-0.1, -0.05) is 12.1 Å². The van der Waals surface area contributed by atoms with E-state index in [1.165, 1.54) is 0 Å². The van der Waals surface area contributed by atoms with Gasteiger partial charge in [0.25, 0.3) is 0 Å². The SMILES string of the molecule is COc1ccc(C)cc1NC(=O)NCc1sc(-c2cccs2)nc1C. The number of aromatic nitrogens is 1. The lowest BCUT2D eigenvalue weighted by Crippen LogP contribution is -2.28. The number of urea groups is 1. The fourth-order valence-electron chi connectivity index (χ4n) is 2.34. The number of aryl methyl sites for hydroxylation is 2. The van der Waals surface area contributed by atoms with Crippen molar-refractivity contribution in [3.05, 3.63) is 51.8 Å². The van der Waals surface area contributed by atoms with Crippen molar-refractivity contribution in [2.45, 2.75) is 20.4 Å². The molecule has 2 aromatic heterocycles. The summed E-state index contributed by atoms with van der Waals surface area (Å²) in [5.74, 6) is 0.634. The third-order valence-electron chi connectivity index (χ3n) is 3.64. The van der Waals surface area contributed by atoms with Gasteiger partial charge in [-0.2, -0.15) is 0 Å². The first-order valence-corrected chi connectivity index (χ1v) is 9.46. The Morgan fingerprint density at radius 2 is 2.12 bits per heavy atom. The Morgan fingerprint density at radius 3 is 2.84 bits per heavy atom. The lowest BCUT2D eigenvalue weighted by Gasteiger charge is -2.11. The van der Waals surface area contributed by atoms with Gasteiger partial charge in [0.05, 0.1) is 29.9 Å². The zero-order valence-corrected chi connectivity index (χ0v) is 15.9. The lowest BCUT2D eigenvalue weighted by molar-refractivity contribution is 0.251. The Morgan fingerprint density at radius 1 is 1.28 bits per heavy atom. The maximum atomic E-state index is 12.2. The number of ether oxygens (including phenoxy) is 1. The number of hydrogen-bond donors (Lipinski definition) is 2. The van der Waals surface area contributed by atoms with E-state index in [2.05, 4.69) is 21.7 Å². The van der Waals surface area contributed by atoms with Crippen LogP contribution in [0.5, 0.6) is 5.75 Å². The molecule has 0 saturated heterocycles. The van der Waals surface area contributed by atoms with Crippen molar-refractivity contribution >= 4 is 34.4 Å². The van der Waals surface area contributed by atoms with Crippen LogP contribution >= 0.6 is 22.7 Å². The van der Waals surface area contributed by atoms with Gasteiger partial charge in [-0.25, -0.2) is 9.78 Å². The number of nitrogens with one attached hydrogen (secondary N) is 2. The number of anilines is 1. The average Bonchev–Trinajstić information content (AvgIpc) is 3.23. The van der Waals surface area contributed by atoms with Crippen molar-refractivity contribution in [1.29, 1.82) is 0 Å². The Balaban J connectivity index is 1.64. The molecule has 0 unspecified atom stereocenters. The van der Waals surface area contributed by atoms with Crippen molar-refractivity contribution < 1.29 is 9.53 Å². The Labute approximate surface area is 154 Å². The summed E-state index contributed by atoms with van der Waals surface area (Å²) in [7, 11) is 1.58. The molecule has 0 aliphatic rings. The van der Waals surface area contributed by atoms with Gasteiger partial charge in [0.1, 0.15) is 10.8 Å². The van der Waals surface area contributed by atoms with Crippen LogP contribution in [0.2, 0.25) is 0 Å². The van der Waals surface area contributed by atoms with Crippen LogP contribution in [0.15, 0.2) is 35.7 Å². The minimum absolute atomic E-state index is 0.269. The van der Waals surface area contributed by atoms with Crippen LogP contribution in [0.25, 0.3) is 9.88 Å². The third kappa shape index (κ3) is 4.18. The smallest absolute Gasteiger partial charge is 0.319 e. The molecule has 0 aliphatic carbocycles. The maximum Gasteiger partial charge on any atom is 0.319 e. The van der Waals surface area contributed by atoms with Gasteiger partial charge in [0.15, 0.2) is 0 Å². The van der Waals surface area contributed by atoms with Crippen molar-refractivity contribution in [2.24, 2.45) is 0 Å². The zero-order valence-electron chi connectivity index (χ0n) is 14.3. The number of carbonyl (C=O) groups is 1. The number of carbonyl (C=O) groups excluding carboxylic acids is 1. The predicted octanol–water partition coefficient (Wildman–Crippen LogP) is 4.82. The topological polar surface area (TPSA) is 63.2 Å². The second-order valence-corrected chi connectivity index (χ2v) is 7.55. The second kappa shape index (κ2) is 7.67. The van der Waals surface area contributed by atoms with Crippen LogP contribution in [0, 0.1) is 13.8 Å². The molecule has 0 atom stereocenters. The molecule has 1 aromatic carbocycles. The number of amides is 2. The highest BCUT2D eigenvalue weighted by Gasteiger charge is 2.12. The quantitative estimate of drug-likeness (QED) is 0.674. The van der Waals surface area contributed by atoms with Crippen LogP contribution in [0.1, 0.15) is 16.1 Å². The summed E-state index contributed by atoms with van der Waals surface area (Å²) in [5.41, 5.74) is 2.65. The molecule has 3 rings (SSSR count). The molecule has 5 nitrogen and oxygen atoms in total. The van der Waals surface area contributed by atoms with E-state index in [9.17, 15) is 4.79 Å². The monoisotopic (exact) mass is 373 g/mol. The Hall–Kier alpha value is -2.38. The van der Waals surface area contributed by atoms with Gasteiger partial charge in [-0.15, -0.1) is 22.7 Å². The molecule has 2 amide bonds. The van der Waals surface area contributed by atoms with Gasteiger partial charge in [-0.05, 0) is 43.0 Å². The number of nitrogens with zero attached hydrogens (tertiary/aromatic N) is 1. The van der Waals surface area contributed by atoms with E-state index < -0.39 is 0 Å². The molecular weight excluding hydrogens is 354 g/mol. The second-order valence-electron chi connectivity index (χ2n) is 5.52. The van der Waals surface area contributed by atoms with E-state index in [1.54, 1.807) is 29.8 Å². The summed E-state index contributed by atoms with van der Waals surface area (Å²) < 4.78 is 5.28. The van der Waals surface area contributed by atoms with Crippen molar-refractivity contribution in [1.82, 2.24) is 10.3 Å². The van der Waals surface area contributed by atoms with Crippen molar-refractivity contribution in [3.63, 3.8) is 0 Å². The summed E-state index contributed by atoms with van der Waals surface area (Å²) in [4.78, 5) is 19.0. The Kier molecular flexibility index (Phi) is 5.35. The van der Waals surface area contributed by atoms with Gasteiger partial charge < -0.3 is 15.4 Å². The maximum absolute atomic E-state index is 12.2. The predicted molar refractivity (Wildman–Crippen MR) is 104 cm³/mol. The summed E-state index contributed by atoms with van der Waals surface area (Å²) >= 11 is 3.27. The summed E-state index contributed by atoms with van der Waals surface area (Å²) in [6.07, 6.45) is 0. The Bertz CT molecular complexity index is 873. The lowest BCUT2D eigenvalue weighted by atomic mass is 10.2. The largest absolute Gasteiger partial charge is 0.495 e. The van der Waals surface area contributed by atoms with Gasteiger partial charge in [0.2, 0.25) is 0 Å². The number of thiazole rings is 1. The molecule has 3 aromatic rings. The van der Waals surface area contributed by atoms with Gasteiger partial charge in [0, 0.05) is 4.88 Å². The average molecular weight is 374 g/mol. The number of hydrogen-bond acceptors (Lipinski definition) is 5. The van der Waals surface area contributed by atoms with Crippen molar-refractivity contribution in [3.8, 4) is 15.6 Å². The molecule has 7 heteroatoms. The highest BCUT2D eigenvalue weighted by molar-refractivity contribution is 7.21.